The summed E-state index contributed by atoms with van der Waals surface area (Å²) in [6, 6.07) is 16.6. The number of hydrogen-bond donors (Lipinski definition) is 1. The third-order valence-electron chi connectivity index (χ3n) is 3.69. The smallest absolute Gasteiger partial charge is 0.256 e. The molecule has 3 aromatic rings. The highest BCUT2D eigenvalue weighted by molar-refractivity contribution is 7.99. The summed E-state index contributed by atoms with van der Waals surface area (Å²) in [5.74, 6) is 0.593. The van der Waals surface area contributed by atoms with Gasteiger partial charge in [-0.3, -0.25) is 4.79 Å². The highest BCUT2D eigenvalue weighted by atomic mass is 32.2. The van der Waals surface area contributed by atoms with Crippen LogP contribution in [0.15, 0.2) is 64.6 Å². The Hall–Kier alpha value is -3.06. The van der Waals surface area contributed by atoms with Crippen molar-refractivity contribution in [1.29, 1.82) is 0 Å². The maximum absolute atomic E-state index is 12.8. The molecule has 0 saturated heterocycles. The van der Waals surface area contributed by atoms with Crippen LogP contribution in [0.5, 0.6) is 11.8 Å². The first-order chi connectivity index (χ1) is 13.1. The number of nitrogens with zero attached hydrogens (tertiary/aromatic N) is 2. The summed E-state index contributed by atoms with van der Waals surface area (Å²) < 4.78 is 10.4. The Labute approximate surface area is 162 Å². The minimum Gasteiger partial charge on any atom is -0.481 e. The van der Waals surface area contributed by atoms with E-state index < -0.39 is 0 Å². The molecule has 1 heterocycles. The second-order valence-electron chi connectivity index (χ2n) is 5.66. The first-order valence-corrected chi connectivity index (χ1v) is 9.02. The van der Waals surface area contributed by atoms with Crippen LogP contribution in [-0.2, 0) is 0 Å². The fraction of sp³-hybridized carbons (Fsp3) is 0.150. The van der Waals surface area contributed by atoms with Gasteiger partial charge in [0.05, 0.1) is 25.8 Å². The molecule has 0 spiro atoms. The number of amides is 1. The van der Waals surface area contributed by atoms with Crippen LogP contribution in [0.25, 0.3) is 0 Å². The zero-order chi connectivity index (χ0) is 19.2. The van der Waals surface area contributed by atoms with Gasteiger partial charge in [-0.15, -0.1) is 0 Å². The number of carbonyl (C=O) groups is 1. The highest BCUT2D eigenvalue weighted by Gasteiger charge is 2.15. The lowest BCUT2D eigenvalue weighted by Crippen LogP contribution is -2.13. The first kappa shape index (κ1) is 18.7. The summed E-state index contributed by atoms with van der Waals surface area (Å²) in [6.07, 6.45) is 0. The van der Waals surface area contributed by atoms with Crippen molar-refractivity contribution in [1.82, 2.24) is 9.97 Å². The Morgan fingerprint density at radius 1 is 0.963 bits per heavy atom. The van der Waals surface area contributed by atoms with Crippen molar-refractivity contribution in [3.05, 3.63) is 65.7 Å². The minimum atomic E-state index is -0.196. The highest BCUT2D eigenvalue weighted by Crippen LogP contribution is 2.31. The second-order valence-corrected chi connectivity index (χ2v) is 6.67. The largest absolute Gasteiger partial charge is 0.481 e. The van der Waals surface area contributed by atoms with Crippen LogP contribution in [0.4, 0.5) is 5.69 Å². The number of hydrogen-bond acceptors (Lipinski definition) is 6. The summed E-state index contributed by atoms with van der Waals surface area (Å²) in [7, 11) is 3.05. The van der Waals surface area contributed by atoms with Gasteiger partial charge < -0.3 is 14.8 Å². The number of anilines is 1. The lowest BCUT2D eigenvalue weighted by atomic mass is 10.2. The summed E-state index contributed by atoms with van der Waals surface area (Å²) >= 11 is 1.27. The average molecular weight is 381 g/mol. The zero-order valence-electron chi connectivity index (χ0n) is 15.2. The number of nitrogens with one attached hydrogen (secondary N) is 1. The molecular weight excluding hydrogens is 362 g/mol. The van der Waals surface area contributed by atoms with Crippen LogP contribution >= 0.6 is 11.8 Å². The van der Waals surface area contributed by atoms with Crippen molar-refractivity contribution in [3.8, 4) is 11.8 Å². The fourth-order valence-electron chi connectivity index (χ4n) is 2.40. The number of carbonyl (C=O) groups excluding carboxylic acids is 1. The summed E-state index contributed by atoms with van der Waals surface area (Å²) in [4.78, 5) is 22.1. The standard InChI is InChI=1S/C20H19N3O3S/c1-13-7-6-8-14(11-13)21-19(24)15-9-4-5-10-16(15)27-20-22-17(25-2)12-18(23-20)26-3/h4-12H,1-3H3,(H,21,24). The summed E-state index contributed by atoms with van der Waals surface area (Å²) in [5.41, 5.74) is 2.36. The topological polar surface area (TPSA) is 73.3 Å². The molecule has 2 aromatic carbocycles. The van der Waals surface area contributed by atoms with E-state index in [9.17, 15) is 4.79 Å². The minimum absolute atomic E-state index is 0.196. The maximum atomic E-state index is 12.8. The number of ether oxygens (including phenoxy) is 2. The monoisotopic (exact) mass is 381 g/mol. The number of benzene rings is 2. The van der Waals surface area contributed by atoms with E-state index in [2.05, 4.69) is 15.3 Å². The second kappa shape index (κ2) is 8.55. The van der Waals surface area contributed by atoms with Crippen LogP contribution in [0.2, 0.25) is 0 Å². The quantitative estimate of drug-likeness (QED) is 0.645. The normalized spacial score (nSPS) is 10.3. The molecule has 0 saturated carbocycles. The SMILES string of the molecule is COc1cc(OC)nc(Sc2ccccc2C(=O)Nc2cccc(C)c2)n1. The molecule has 1 amide bonds. The number of aromatic nitrogens is 2. The lowest BCUT2D eigenvalue weighted by molar-refractivity contribution is 0.102. The van der Waals surface area contributed by atoms with Gasteiger partial charge in [-0.1, -0.05) is 24.3 Å². The van der Waals surface area contributed by atoms with Crippen LogP contribution in [0, 0.1) is 6.92 Å². The molecule has 0 unspecified atom stereocenters. The molecule has 0 bridgehead atoms. The van der Waals surface area contributed by atoms with E-state index in [4.69, 9.17) is 9.47 Å². The Kier molecular flexibility index (Phi) is 5.93. The maximum Gasteiger partial charge on any atom is 0.256 e. The van der Waals surface area contributed by atoms with Crippen molar-refractivity contribution in [3.63, 3.8) is 0 Å². The number of methoxy groups -OCH3 is 2. The van der Waals surface area contributed by atoms with Crippen LogP contribution in [-0.4, -0.2) is 30.1 Å². The molecule has 27 heavy (non-hydrogen) atoms. The van der Waals surface area contributed by atoms with Gasteiger partial charge in [0.25, 0.3) is 5.91 Å². The van der Waals surface area contributed by atoms with Gasteiger partial charge in [0.2, 0.25) is 11.8 Å². The molecule has 0 aliphatic carbocycles. The van der Waals surface area contributed by atoms with E-state index in [1.165, 1.54) is 26.0 Å². The molecule has 0 aliphatic rings. The van der Waals surface area contributed by atoms with Crippen LogP contribution < -0.4 is 14.8 Å². The molecule has 138 valence electrons. The molecule has 0 radical (unpaired) electrons. The van der Waals surface area contributed by atoms with E-state index >= 15 is 0 Å². The van der Waals surface area contributed by atoms with Crippen molar-refractivity contribution < 1.29 is 14.3 Å². The molecule has 6 nitrogen and oxygen atoms in total. The molecule has 0 fully saturated rings. The van der Waals surface area contributed by atoms with Crippen molar-refractivity contribution >= 4 is 23.4 Å². The third kappa shape index (κ3) is 4.77. The average Bonchev–Trinajstić information content (AvgIpc) is 2.68. The van der Waals surface area contributed by atoms with Gasteiger partial charge in [-0.2, -0.15) is 9.97 Å². The van der Waals surface area contributed by atoms with E-state index in [0.717, 1.165) is 16.1 Å². The van der Waals surface area contributed by atoms with E-state index in [0.29, 0.717) is 22.5 Å². The van der Waals surface area contributed by atoms with Crippen LogP contribution in [0.3, 0.4) is 0 Å². The summed E-state index contributed by atoms with van der Waals surface area (Å²) in [6.45, 7) is 1.98. The first-order valence-electron chi connectivity index (χ1n) is 8.21. The van der Waals surface area contributed by atoms with Gasteiger partial charge in [0.1, 0.15) is 0 Å². The molecule has 0 aliphatic heterocycles. The van der Waals surface area contributed by atoms with Crippen molar-refractivity contribution in [2.75, 3.05) is 19.5 Å². The molecular formula is C20H19N3O3S. The Bertz CT molecular complexity index is 940. The summed E-state index contributed by atoms with van der Waals surface area (Å²) in [5, 5.41) is 3.36. The van der Waals surface area contributed by atoms with E-state index in [1.807, 2.05) is 49.4 Å². The van der Waals surface area contributed by atoms with Gasteiger partial charge in [-0.05, 0) is 48.5 Å². The molecule has 1 N–H and O–H groups in total. The molecule has 7 heteroatoms. The predicted octanol–water partition coefficient (Wildman–Crippen LogP) is 4.21. The van der Waals surface area contributed by atoms with Crippen LogP contribution in [0.1, 0.15) is 15.9 Å². The number of rotatable bonds is 6. The van der Waals surface area contributed by atoms with Gasteiger partial charge in [-0.25, -0.2) is 0 Å². The Morgan fingerprint density at radius 3 is 2.33 bits per heavy atom. The zero-order valence-corrected chi connectivity index (χ0v) is 16.0. The predicted molar refractivity (Wildman–Crippen MR) is 105 cm³/mol. The Morgan fingerprint density at radius 2 is 1.67 bits per heavy atom. The van der Waals surface area contributed by atoms with Crippen molar-refractivity contribution in [2.45, 2.75) is 17.0 Å². The van der Waals surface area contributed by atoms with Gasteiger partial charge in [0.15, 0.2) is 5.16 Å². The third-order valence-corrected chi connectivity index (χ3v) is 4.63. The van der Waals surface area contributed by atoms with E-state index in [1.54, 1.807) is 12.1 Å². The molecule has 3 rings (SSSR count). The molecule has 0 atom stereocenters. The lowest BCUT2D eigenvalue weighted by Gasteiger charge is -2.11. The fourth-order valence-corrected chi connectivity index (χ4v) is 3.29. The Balaban J connectivity index is 1.87. The van der Waals surface area contributed by atoms with E-state index in [-0.39, 0.29) is 5.91 Å². The number of aryl methyl sites for hydroxylation is 1. The van der Waals surface area contributed by atoms with Gasteiger partial charge >= 0.3 is 0 Å². The molecule has 1 aromatic heterocycles. The van der Waals surface area contributed by atoms with Crippen molar-refractivity contribution in [2.24, 2.45) is 0 Å². The van der Waals surface area contributed by atoms with Gasteiger partial charge in [0, 0.05) is 10.6 Å².